The Bertz CT molecular complexity index is 176. The van der Waals surface area contributed by atoms with Crippen molar-refractivity contribution < 1.29 is 18.3 Å². The first kappa shape index (κ1) is 9.42. The fourth-order valence-electron chi connectivity index (χ4n) is 1.00. The Hall–Kier alpha value is -0.670. The van der Waals surface area contributed by atoms with E-state index in [1.807, 2.05) is 0 Å². The smallest absolute Gasteiger partial charge is 0.376 e. The van der Waals surface area contributed by atoms with E-state index in [9.17, 15) is 13.6 Å². The fourth-order valence-corrected chi connectivity index (χ4v) is 1.00. The van der Waals surface area contributed by atoms with Crippen molar-refractivity contribution in [2.75, 3.05) is 6.61 Å². The van der Waals surface area contributed by atoms with E-state index in [0.29, 0.717) is 0 Å². The Balaban J connectivity index is 2.38. The van der Waals surface area contributed by atoms with Crippen molar-refractivity contribution in [1.29, 1.82) is 0 Å². The summed E-state index contributed by atoms with van der Waals surface area (Å²) in [5, 5.41) is 0. The second-order valence-corrected chi connectivity index (χ2v) is 3.07. The van der Waals surface area contributed by atoms with Crippen LogP contribution in [-0.4, -0.2) is 18.5 Å². The molecule has 70 valence electrons. The molecule has 1 aliphatic rings. The van der Waals surface area contributed by atoms with Crippen LogP contribution < -0.4 is 0 Å². The van der Waals surface area contributed by atoms with Crippen LogP contribution in [0.5, 0.6) is 0 Å². The normalized spacial score (nSPS) is 17.6. The van der Waals surface area contributed by atoms with Gasteiger partial charge in [0, 0.05) is 6.42 Å². The highest BCUT2D eigenvalue weighted by atomic mass is 19.3. The lowest BCUT2D eigenvalue weighted by Gasteiger charge is -2.13. The number of rotatable bonds is 4. The van der Waals surface area contributed by atoms with E-state index in [1.165, 1.54) is 6.92 Å². The zero-order chi connectivity index (χ0) is 9.19. The molecule has 1 fully saturated rings. The highest BCUT2D eigenvalue weighted by molar-refractivity contribution is 5.77. The summed E-state index contributed by atoms with van der Waals surface area (Å²) in [5.41, 5.74) is 0. The zero-order valence-electron chi connectivity index (χ0n) is 6.98. The van der Waals surface area contributed by atoms with Crippen LogP contribution in [0.2, 0.25) is 0 Å². The summed E-state index contributed by atoms with van der Waals surface area (Å²) in [6.07, 6.45) is 1.29. The molecular formula is C8H12F2O2. The van der Waals surface area contributed by atoms with Gasteiger partial charge in [0.25, 0.3) is 0 Å². The maximum absolute atomic E-state index is 12.8. The predicted octanol–water partition coefficient (Wildman–Crippen LogP) is 1.98. The first-order valence-corrected chi connectivity index (χ1v) is 4.11. The SMILES string of the molecule is CCOC(=O)C(F)(F)CC1CC1. The molecule has 0 radical (unpaired) electrons. The van der Waals surface area contributed by atoms with E-state index in [0.717, 1.165) is 12.8 Å². The Morgan fingerprint density at radius 2 is 2.17 bits per heavy atom. The highest BCUT2D eigenvalue weighted by Gasteiger charge is 2.45. The van der Waals surface area contributed by atoms with Crippen LogP contribution in [0.1, 0.15) is 26.2 Å². The lowest BCUT2D eigenvalue weighted by molar-refractivity contribution is -0.172. The fraction of sp³-hybridized carbons (Fsp3) is 0.875. The molecule has 0 bridgehead atoms. The number of hydrogen-bond donors (Lipinski definition) is 0. The molecule has 12 heavy (non-hydrogen) atoms. The van der Waals surface area contributed by atoms with Crippen LogP contribution in [0.4, 0.5) is 8.78 Å². The Morgan fingerprint density at radius 3 is 2.58 bits per heavy atom. The molecule has 0 aliphatic heterocycles. The topological polar surface area (TPSA) is 26.3 Å². The van der Waals surface area contributed by atoms with E-state index in [4.69, 9.17) is 0 Å². The minimum atomic E-state index is -3.27. The number of carbonyl (C=O) groups is 1. The average molecular weight is 178 g/mol. The van der Waals surface area contributed by atoms with Crippen LogP contribution in [0.3, 0.4) is 0 Å². The molecule has 0 N–H and O–H groups in total. The average Bonchev–Trinajstić information content (AvgIpc) is 2.71. The molecule has 0 saturated heterocycles. The summed E-state index contributed by atoms with van der Waals surface area (Å²) in [7, 11) is 0. The van der Waals surface area contributed by atoms with Gasteiger partial charge in [0.05, 0.1) is 6.61 Å². The zero-order valence-corrected chi connectivity index (χ0v) is 6.98. The maximum Gasteiger partial charge on any atom is 0.376 e. The third kappa shape index (κ3) is 2.43. The van der Waals surface area contributed by atoms with Gasteiger partial charge in [-0.05, 0) is 25.7 Å². The second kappa shape index (κ2) is 3.37. The lowest BCUT2D eigenvalue weighted by Crippen LogP contribution is -2.31. The van der Waals surface area contributed by atoms with Crippen molar-refractivity contribution in [3.05, 3.63) is 0 Å². The largest absolute Gasteiger partial charge is 0.462 e. The molecule has 1 saturated carbocycles. The van der Waals surface area contributed by atoms with Crippen molar-refractivity contribution in [3.63, 3.8) is 0 Å². The van der Waals surface area contributed by atoms with Gasteiger partial charge in [0.2, 0.25) is 0 Å². The minimum absolute atomic E-state index is 0.0130. The number of alkyl halides is 2. The Kier molecular flexibility index (Phi) is 2.65. The van der Waals surface area contributed by atoms with Crippen molar-refractivity contribution in [2.24, 2.45) is 5.92 Å². The number of halogens is 2. The summed E-state index contributed by atoms with van der Waals surface area (Å²) < 4.78 is 29.9. The van der Waals surface area contributed by atoms with Crippen molar-refractivity contribution >= 4 is 5.97 Å². The molecular weight excluding hydrogens is 166 g/mol. The van der Waals surface area contributed by atoms with Gasteiger partial charge < -0.3 is 4.74 Å². The van der Waals surface area contributed by atoms with Crippen LogP contribution in [-0.2, 0) is 9.53 Å². The second-order valence-electron chi connectivity index (χ2n) is 3.07. The van der Waals surface area contributed by atoms with Gasteiger partial charge in [-0.2, -0.15) is 8.78 Å². The van der Waals surface area contributed by atoms with Gasteiger partial charge in [0.15, 0.2) is 0 Å². The quantitative estimate of drug-likeness (QED) is 0.615. The summed E-state index contributed by atoms with van der Waals surface area (Å²) in [6.45, 7) is 1.53. The Morgan fingerprint density at radius 1 is 1.58 bits per heavy atom. The van der Waals surface area contributed by atoms with Gasteiger partial charge in [-0.3, -0.25) is 0 Å². The number of ether oxygens (including phenoxy) is 1. The predicted molar refractivity (Wildman–Crippen MR) is 38.9 cm³/mol. The van der Waals surface area contributed by atoms with Crippen LogP contribution in [0.25, 0.3) is 0 Å². The summed E-state index contributed by atoms with van der Waals surface area (Å²) in [5.74, 6) is -4.61. The maximum atomic E-state index is 12.8. The molecule has 0 heterocycles. The third-order valence-electron chi connectivity index (χ3n) is 1.82. The van der Waals surface area contributed by atoms with Crippen molar-refractivity contribution in [3.8, 4) is 0 Å². The van der Waals surface area contributed by atoms with Crippen LogP contribution in [0, 0.1) is 5.92 Å². The van der Waals surface area contributed by atoms with Gasteiger partial charge in [-0.1, -0.05) is 0 Å². The van der Waals surface area contributed by atoms with Gasteiger partial charge in [0.1, 0.15) is 0 Å². The molecule has 4 heteroatoms. The number of esters is 1. The van der Waals surface area contributed by atoms with Crippen molar-refractivity contribution in [2.45, 2.75) is 32.1 Å². The van der Waals surface area contributed by atoms with Crippen molar-refractivity contribution in [1.82, 2.24) is 0 Å². The molecule has 0 aromatic rings. The van der Waals surface area contributed by atoms with Crippen LogP contribution >= 0.6 is 0 Å². The van der Waals surface area contributed by atoms with E-state index in [2.05, 4.69) is 4.74 Å². The molecule has 1 rings (SSSR count). The molecule has 0 spiro atoms. The summed E-state index contributed by atoms with van der Waals surface area (Å²) in [4.78, 5) is 10.7. The highest BCUT2D eigenvalue weighted by Crippen LogP contribution is 2.39. The monoisotopic (exact) mass is 178 g/mol. The standard InChI is InChI=1S/C8H12F2O2/c1-2-12-7(11)8(9,10)5-6-3-4-6/h6H,2-5H2,1H3. The Labute approximate surface area is 69.9 Å². The molecule has 0 amide bonds. The summed E-state index contributed by atoms with van der Waals surface area (Å²) >= 11 is 0. The molecule has 1 aliphatic carbocycles. The van der Waals surface area contributed by atoms with Gasteiger partial charge in [-0.25, -0.2) is 4.79 Å². The molecule has 2 nitrogen and oxygen atoms in total. The van der Waals surface area contributed by atoms with E-state index in [1.54, 1.807) is 0 Å². The van der Waals surface area contributed by atoms with E-state index in [-0.39, 0.29) is 18.9 Å². The first-order chi connectivity index (χ1) is 5.56. The minimum Gasteiger partial charge on any atom is -0.462 e. The molecule has 0 unspecified atom stereocenters. The van der Waals surface area contributed by atoms with Gasteiger partial charge in [-0.15, -0.1) is 0 Å². The number of hydrogen-bond acceptors (Lipinski definition) is 2. The third-order valence-corrected chi connectivity index (χ3v) is 1.82. The van der Waals surface area contributed by atoms with E-state index >= 15 is 0 Å². The molecule has 0 aromatic carbocycles. The summed E-state index contributed by atoms with van der Waals surface area (Å²) in [6, 6.07) is 0. The lowest BCUT2D eigenvalue weighted by atomic mass is 10.2. The van der Waals surface area contributed by atoms with Gasteiger partial charge >= 0.3 is 11.9 Å². The first-order valence-electron chi connectivity index (χ1n) is 4.11. The molecule has 0 aromatic heterocycles. The molecule has 0 atom stereocenters. The van der Waals surface area contributed by atoms with Crippen LogP contribution in [0.15, 0.2) is 0 Å². The number of carbonyl (C=O) groups excluding carboxylic acids is 1. The van der Waals surface area contributed by atoms with E-state index < -0.39 is 11.9 Å².